The second-order valence-electron chi connectivity index (χ2n) is 7.71. The van der Waals surface area contributed by atoms with Crippen molar-refractivity contribution in [3.05, 3.63) is 48.0 Å². The maximum Gasteiger partial charge on any atom is 0.294 e. The summed E-state index contributed by atoms with van der Waals surface area (Å²) in [4.78, 5) is -0.206. The van der Waals surface area contributed by atoms with Crippen molar-refractivity contribution < 1.29 is 22.8 Å². The summed E-state index contributed by atoms with van der Waals surface area (Å²) in [5.74, 6) is 0.435. The molecule has 0 amide bonds. The molecule has 0 fully saturated rings. The lowest BCUT2D eigenvalue weighted by molar-refractivity contribution is 0.403. The van der Waals surface area contributed by atoms with E-state index < -0.39 is 10.1 Å². The van der Waals surface area contributed by atoms with Gasteiger partial charge in [-0.3, -0.25) is 4.55 Å². The van der Waals surface area contributed by atoms with Crippen molar-refractivity contribution in [1.82, 2.24) is 0 Å². The van der Waals surface area contributed by atoms with Crippen LogP contribution in [0.4, 0.5) is 0 Å². The average Bonchev–Trinajstić information content (AvgIpc) is 2.71. The highest BCUT2D eigenvalue weighted by Gasteiger charge is 2.22. The Labute approximate surface area is 180 Å². The number of aromatic hydroxyl groups is 1. The van der Waals surface area contributed by atoms with E-state index in [9.17, 15) is 18.1 Å². The Morgan fingerprint density at radius 3 is 1.93 bits per heavy atom. The summed E-state index contributed by atoms with van der Waals surface area (Å²) in [6.45, 7) is 2.22. The van der Waals surface area contributed by atoms with E-state index in [4.69, 9.17) is 4.74 Å². The smallest absolute Gasteiger partial charge is 0.294 e. The molecular formula is C24H34O5S. The van der Waals surface area contributed by atoms with Crippen LogP contribution in [0.25, 0.3) is 0 Å². The van der Waals surface area contributed by atoms with Crippen molar-refractivity contribution in [2.75, 3.05) is 0 Å². The van der Waals surface area contributed by atoms with Crippen molar-refractivity contribution in [2.45, 2.75) is 82.4 Å². The maximum atomic E-state index is 11.9. The van der Waals surface area contributed by atoms with E-state index in [-0.39, 0.29) is 16.4 Å². The molecule has 0 spiro atoms. The van der Waals surface area contributed by atoms with Crippen LogP contribution < -0.4 is 4.74 Å². The Kier molecular flexibility index (Phi) is 10.2. The summed E-state index contributed by atoms with van der Waals surface area (Å²) >= 11 is 0. The summed E-state index contributed by atoms with van der Waals surface area (Å²) in [5.41, 5.74) is 0.320. The first kappa shape index (κ1) is 24.2. The van der Waals surface area contributed by atoms with Gasteiger partial charge in [0.05, 0.1) is 0 Å². The molecule has 0 aliphatic carbocycles. The van der Waals surface area contributed by atoms with Crippen LogP contribution in [-0.2, 0) is 16.5 Å². The van der Waals surface area contributed by atoms with E-state index in [1.165, 1.54) is 57.1 Å². The van der Waals surface area contributed by atoms with E-state index in [1.807, 2.05) is 6.07 Å². The average molecular weight is 435 g/mol. The SMILES string of the molecule is CCCCCCCCCCCCc1c(S(=O)(=O)O)ccc(O)c1Oc1ccccc1. The maximum absolute atomic E-state index is 11.9. The van der Waals surface area contributed by atoms with E-state index >= 15 is 0 Å². The minimum atomic E-state index is -4.42. The highest BCUT2D eigenvalue weighted by molar-refractivity contribution is 7.85. The number of hydrogen-bond donors (Lipinski definition) is 2. The van der Waals surface area contributed by atoms with Crippen LogP contribution in [0.15, 0.2) is 47.4 Å². The summed E-state index contributed by atoms with van der Waals surface area (Å²) in [6, 6.07) is 11.3. The fourth-order valence-electron chi connectivity index (χ4n) is 3.59. The van der Waals surface area contributed by atoms with Crippen LogP contribution in [0.1, 0.15) is 76.7 Å². The number of benzene rings is 2. The third-order valence-corrected chi connectivity index (χ3v) is 6.16. The van der Waals surface area contributed by atoms with Crippen LogP contribution in [0, 0.1) is 0 Å². The molecule has 0 bridgehead atoms. The van der Waals surface area contributed by atoms with E-state index in [0.717, 1.165) is 19.3 Å². The van der Waals surface area contributed by atoms with Gasteiger partial charge in [-0.25, -0.2) is 0 Å². The van der Waals surface area contributed by atoms with Crippen molar-refractivity contribution in [3.63, 3.8) is 0 Å². The third kappa shape index (κ3) is 8.00. The molecule has 0 aliphatic heterocycles. The van der Waals surface area contributed by atoms with Crippen molar-refractivity contribution in [3.8, 4) is 17.2 Å². The van der Waals surface area contributed by atoms with E-state index in [1.54, 1.807) is 24.3 Å². The predicted octanol–water partition coefficient (Wildman–Crippen LogP) is 6.89. The first-order valence-electron chi connectivity index (χ1n) is 11.0. The van der Waals surface area contributed by atoms with Gasteiger partial charge in [0.15, 0.2) is 11.5 Å². The summed E-state index contributed by atoms with van der Waals surface area (Å²) in [5, 5.41) is 10.3. The molecule has 2 rings (SSSR count). The second-order valence-corrected chi connectivity index (χ2v) is 9.10. The zero-order chi connectivity index (χ0) is 21.8. The molecule has 166 valence electrons. The minimum Gasteiger partial charge on any atom is -0.504 e. The molecule has 6 heteroatoms. The summed E-state index contributed by atoms with van der Waals surface area (Å²) in [7, 11) is -4.42. The highest BCUT2D eigenvalue weighted by Crippen LogP contribution is 2.39. The Morgan fingerprint density at radius 2 is 1.37 bits per heavy atom. The van der Waals surface area contributed by atoms with Crippen LogP contribution >= 0.6 is 0 Å². The van der Waals surface area contributed by atoms with Gasteiger partial charge >= 0.3 is 0 Å². The van der Waals surface area contributed by atoms with Crippen molar-refractivity contribution in [2.24, 2.45) is 0 Å². The molecule has 0 unspecified atom stereocenters. The fraction of sp³-hybridized carbons (Fsp3) is 0.500. The molecule has 2 aromatic carbocycles. The minimum absolute atomic E-state index is 0.0900. The van der Waals surface area contributed by atoms with E-state index in [0.29, 0.717) is 17.7 Å². The van der Waals surface area contributed by atoms with Crippen LogP contribution in [-0.4, -0.2) is 18.1 Å². The highest BCUT2D eigenvalue weighted by atomic mass is 32.2. The van der Waals surface area contributed by atoms with Crippen molar-refractivity contribution in [1.29, 1.82) is 0 Å². The fourth-order valence-corrected chi connectivity index (χ4v) is 4.33. The van der Waals surface area contributed by atoms with Crippen LogP contribution in [0.5, 0.6) is 17.2 Å². The van der Waals surface area contributed by atoms with Gasteiger partial charge < -0.3 is 9.84 Å². The van der Waals surface area contributed by atoms with Crippen LogP contribution in [0.2, 0.25) is 0 Å². The molecule has 0 radical (unpaired) electrons. The van der Waals surface area contributed by atoms with Gasteiger partial charge in [0, 0.05) is 5.56 Å². The molecule has 0 heterocycles. The van der Waals surface area contributed by atoms with Crippen molar-refractivity contribution >= 4 is 10.1 Å². The lowest BCUT2D eigenvalue weighted by atomic mass is 10.0. The van der Waals surface area contributed by atoms with Gasteiger partial charge in [0.25, 0.3) is 10.1 Å². The molecule has 2 N–H and O–H groups in total. The Hall–Kier alpha value is -2.05. The lowest BCUT2D eigenvalue weighted by Gasteiger charge is -2.16. The first-order valence-corrected chi connectivity index (χ1v) is 12.4. The molecule has 0 aliphatic rings. The number of ether oxygens (including phenoxy) is 1. The van der Waals surface area contributed by atoms with Gasteiger partial charge in [0.2, 0.25) is 0 Å². The Morgan fingerprint density at radius 1 is 0.800 bits per heavy atom. The number of unbranched alkanes of at least 4 members (excludes halogenated alkanes) is 9. The zero-order valence-corrected chi connectivity index (χ0v) is 18.7. The molecule has 0 aromatic heterocycles. The zero-order valence-electron chi connectivity index (χ0n) is 17.8. The second kappa shape index (κ2) is 12.6. The monoisotopic (exact) mass is 434 g/mol. The quantitative estimate of drug-likeness (QED) is 0.250. The molecular weight excluding hydrogens is 400 g/mol. The Bertz CT molecular complexity index is 863. The summed E-state index contributed by atoms with van der Waals surface area (Å²) < 4.78 is 39.2. The Balaban J connectivity index is 1.98. The largest absolute Gasteiger partial charge is 0.504 e. The molecule has 0 saturated carbocycles. The molecule has 0 saturated heterocycles. The predicted molar refractivity (Wildman–Crippen MR) is 120 cm³/mol. The van der Waals surface area contributed by atoms with Gasteiger partial charge in [-0.15, -0.1) is 0 Å². The number of phenolic OH excluding ortho intramolecular Hbond substituents is 1. The number of rotatable bonds is 14. The van der Waals surface area contributed by atoms with Crippen LogP contribution in [0.3, 0.4) is 0 Å². The number of phenols is 1. The first-order chi connectivity index (χ1) is 14.4. The number of hydrogen-bond acceptors (Lipinski definition) is 4. The standard InChI is InChI=1S/C24H34O5S/c1-2-3-4-5-6-7-8-9-10-14-17-21-23(30(26,27)28)19-18-22(25)24(21)29-20-15-12-11-13-16-20/h11-13,15-16,18-19,25H,2-10,14,17H2,1H3,(H,26,27,28). The molecule has 2 aromatic rings. The number of para-hydroxylation sites is 1. The summed E-state index contributed by atoms with van der Waals surface area (Å²) in [6.07, 6.45) is 12.1. The van der Waals surface area contributed by atoms with Gasteiger partial charge in [-0.05, 0) is 37.1 Å². The third-order valence-electron chi connectivity index (χ3n) is 5.22. The van der Waals surface area contributed by atoms with Gasteiger partial charge in [-0.1, -0.05) is 82.9 Å². The molecule has 5 nitrogen and oxygen atoms in total. The van der Waals surface area contributed by atoms with E-state index in [2.05, 4.69) is 6.92 Å². The topological polar surface area (TPSA) is 83.8 Å². The molecule has 0 atom stereocenters. The van der Waals surface area contributed by atoms with Gasteiger partial charge in [0.1, 0.15) is 10.6 Å². The molecule has 30 heavy (non-hydrogen) atoms. The lowest BCUT2D eigenvalue weighted by Crippen LogP contribution is -2.05. The van der Waals surface area contributed by atoms with Gasteiger partial charge in [-0.2, -0.15) is 8.42 Å². The normalized spacial score (nSPS) is 11.5.